The topological polar surface area (TPSA) is 98.8 Å². The summed E-state index contributed by atoms with van der Waals surface area (Å²) in [6.07, 6.45) is -4.36. The van der Waals surface area contributed by atoms with E-state index in [1.165, 1.54) is 12.1 Å². The molecule has 0 aliphatic rings. The molecule has 0 atom stereocenters. The van der Waals surface area contributed by atoms with E-state index in [0.29, 0.717) is 18.2 Å². The van der Waals surface area contributed by atoms with Crippen molar-refractivity contribution in [3.63, 3.8) is 0 Å². The summed E-state index contributed by atoms with van der Waals surface area (Å²) in [6, 6.07) is 5.80. The van der Waals surface area contributed by atoms with E-state index >= 15 is 0 Å². The van der Waals surface area contributed by atoms with Crippen molar-refractivity contribution in [2.75, 3.05) is 19.5 Å². The molecule has 0 amide bonds. The Balaban J connectivity index is 2.78. The van der Waals surface area contributed by atoms with Gasteiger partial charge in [0.15, 0.2) is 0 Å². The van der Waals surface area contributed by atoms with Crippen LogP contribution in [0.3, 0.4) is 0 Å². The van der Waals surface area contributed by atoms with Gasteiger partial charge in [0.25, 0.3) is 0 Å². The summed E-state index contributed by atoms with van der Waals surface area (Å²) in [5.41, 5.74) is -2.74. The van der Waals surface area contributed by atoms with Crippen molar-refractivity contribution in [1.29, 1.82) is 0 Å². The lowest BCUT2D eigenvalue weighted by Gasteiger charge is -2.18. The highest BCUT2D eigenvalue weighted by Crippen LogP contribution is 2.40. The van der Waals surface area contributed by atoms with Crippen molar-refractivity contribution >= 4 is 50.7 Å². The van der Waals surface area contributed by atoms with E-state index in [0.717, 1.165) is 26.4 Å². The fourth-order valence-electron chi connectivity index (χ4n) is 2.41. The Labute approximate surface area is 190 Å². The van der Waals surface area contributed by atoms with Gasteiger partial charge in [-0.15, -0.1) is 0 Å². The Morgan fingerprint density at radius 3 is 2.12 bits per heavy atom. The van der Waals surface area contributed by atoms with E-state index in [2.05, 4.69) is 14.8 Å². The van der Waals surface area contributed by atoms with Crippen LogP contribution in [0, 0.1) is 0 Å². The third-order valence-electron chi connectivity index (χ3n) is 3.93. The average Bonchev–Trinajstić information content (AvgIpc) is 2.72. The molecule has 0 heterocycles. The second-order valence-corrected chi connectivity index (χ2v) is 8.74. The van der Waals surface area contributed by atoms with Crippen LogP contribution in [0.25, 0.3) is 0 Å². The third-order valence-corrected chi connectivity index (χ3v) is 6.30. The summed E-state index contributed by atoms with van der Waals surface area (Å²) < 4.78 is 75.3. The molecule has 0 aromatic heterocycles. The molecule has 0 saturated heterocycles. The Hall–Kier alpha value is -2.76. The quantitative estimate of drug-likeness (QED) is 0.450. The first kappa shape index (κ1) is 25.5. The van der Waals surface area contributed by atoms with E-state index in [9.17, 15) is 31.2 Å². The maximum atomic E-state index is 13.4. The summed E-state index contributed by atoms with van der Waals surface area (Å²) in [4.78, 5) is 22.6. The number of alkyl halides is 3. The summed E-state index contributed by atoms with van der Waals surface area (Å²) in [5, 5.41) is 1.54. The van der Waals surface area contributed by atoms with Crippen LogP contribution in [0.2, 0.25) is 10.0 Å². The fraction of sp³-hybridized carbons (Fsp3) is 0.158. The molecule has 1 N–H and O–H groups in total. The summed E-state index contributed by atoms with van der Waals surface area (Å²) >= 11 is 11.5. The molecule has 0 saturated carbocycles. The van der Waals surface area contributed by atoms with Crippen LogP contribution < -0.4 is 5.32 Å². The minimum Gasteiger partial charge on any atom is -0.466 e. The maximum absolute atomic E-state index is 13.4. The SMILES string of the molecule is COC(=O)/C=C(/Nc1cc(C(F)(F)F)c(Cl)cc1S(=O)(=O)c1ccc(Cl)cc1)C(=O)OC. The van der Waals surface area contributed by atoms with Gasteiger partial charge in [0.05, 0.1) is 46.4 Å². The van der Waals surface area contributed by atoms with Gasteiger partial charge in [-0.05, 0) is 36.4 Å². The van der Waals surface area contributed by atoms with Crippen molar-refractivity contribution in [2.24, 2.45) is 0 Å². The average molecular weight is 512 g/mol. The van der Waals surface area contributed by atoms with Gasteiger partial charge < -0.3 is 14.8 Å². The number of carbonyl (C=O) groups excluding carboxylic acids is 2. The molecule has 0 unspecified atom stereocenters. The molecular weight excluding hydrogens is 498 g/mol. The van der Waals surface area contributed by atoms with Gasteiger partial charge in [0.2, 0.25) is 9.84 Å². The van der Waals surface area contributed by atoms with Crippen LogP contribution in [0.5, 0.6) is 0 Å². The standard InChI is InChI=1S/C19H14Cl2F3NO6S/c1-30-17(26)9-15(18(27)31-2)25-14-7-12(19(22,23)24)13(21)8-16(14)32(28,29)11-5-3-10(20)4-6-11/h3-9,25H,1-2H3/b15-9+. The number of anilines is 1. The van der Waals surface area contributed by atoms with Crippen LogP contribution in [0.1, 0.15) is 5.56 Å². The molecule has 13 heteroatoms. The van der Waals surface area contributed by atoms with Gasteiger partial charge in [-0.3, -0.25) is 0 Å². The highest BCUT2D eigenvalue weighted by molar-refractivity contribution is 7.91. The van der Waals surface area contributed by atoms with Crippen LogP contribution in [0.4, 0.5) is 18.9 Å². The number of rotatable bonds is 6. The van der Waals surface area contributed by atoms with Crippen LogP contribution in [0.15, 0.2) is 58.0 Å². The number of nitrogens with one attached hydrogen (secondary N) is 1. The minimum atomic E-state index is -4.95. The van der Waals surface area contributed by atoms with E-state index in [1.54, 1.807) is 0 Å². The molecule has 0 aliphatic carbocycles. The van der Waals surface area contributed by atoms with Crippen molar-refractivity contribution < 1.29 is 40.7 Å². The molecule has 172 valence electrons. The molecule has 0 bridgehead atoms. The van der Waals surface area contributed by atoms with Gasteiger partial charge in [-0.1, -0.05) is 23.2 Å². The molecule has 0 fully saturated rings. The zero-order valence-electron chi connectivity index (χ0n) is 16.3. The molecule has 2 rings (SSSR count). The zero-order chi connectivity index (χ0) is 24.3. The number of methoxy groups -OCH3 is 2. The number of ether oxygens (including phenoxy) is 2. The predicted octanol–water partition coefficient (Wildman–Crippen LogP) is 4.49. The fourth-order valence-corrected chi connectivity index (χ4v) is 4.29. The highest BCUT2D eigenvalue weighted by Gasteiger charge is 2.36. The van der Waals surface area contributed by atoms with Gasteiger partial charge in [-0.2, -0.15) is 13.2 Å². The third kappa shape index (κ3) is 5.72. The monoisotopic (exact) mass is 511 g/mol. The second-order valence-electron chi connectivity index (χ2n) is 5.98. The van der Waals surface area contributed by atoms with Gasteiger partial charge in [0.1, 0.15) is 5.70 Å². The number of hydrogen-bond donors (Lipinski definition) is 1. The molecule has 0 radical (unpaired) electrons. The summed E-state index contributed by atoms with van der Waals surface area (Å²) in [5.74, 6) is -2.22. The van der Waals surface area contributed by atoms with Crippen molar-refractivity contribution in [2.45, 2.75) is 16.0 Å². The lowest BCUT2D eigenvalue weighted by atomic mass is 10.2. The Kier molecular flexibility index (Phi) is 7.81. The Morgan fingerprint density at radius 1 is 1.03 bits per heavy atom. The highest BCUT2D eigenvalue weighted by atomic mass is 35.5. The number of hydrogen-bond acceptors (Lipinski definition) is 7. The van der Waals surface area contributed by atoms with Gasteiger partial charge >= 0.3 is 18.1 Å². The van der Waals surface area contributed by atoms with Crippen molar-refractivity contribution in [3.05, 3.63) is 63.8 Å². The first-order chi connectivity index (χ1) is 14.8. The number of halogens is 5. The minimum absolute atomic E-state index is 0.224. The van der Waals surface area contributed by atoms with Crippen LogP contribution in [-0.4, -0.2) is 34.6 Å². The molecule has 7 nitrogen and oxygen atoms in total. The molecule has 0 spiro atoms. The van der Waals surface area contributed by atoms with E-state index in [-0.39, 0.29) is 9.92 Å². The Morgan fingerprint density at radius 2 is 1.62 bits per heavy atom. The molecule has 2 aromatic carbocycles. The summed E-state index contributed by atoms with van der Waals surface area (Å²) in [7, 11) is -2.51. The predicted molar refractivity (Wildman–Crippen MR) is 109 cm³/mol. The zero-order valence-corrected chi connectivity index (χ0v) is 18.6. The first-order valence-electron chi connectivity index (χ1n) is 8.37. The van der Waals surface area contributed by atoms with E-state index in [1.807, 2.05) is 0 Å². The van der Waals surface area contributed by atoms with Gasteiger partial charge in [-0.25, -0.2) is 18.0 Å². The molecule has 2 aromatic rings. The maximum Gasteiger partial charge on any atom is 0.417 e. The smallest absolute Gasteiger partial charge is 0.417 e. The first-order valence-corrected chi connectivity index (χ1v) is 10.6. The molecule has 0 aliphatic heterocycles. The lowest BCUT2D eigenvalue weighted by Crippen LogP contribution is -2.18. The van der Waals surface area contributed by atoms with Crippen molar-refractivity contribution in [1.82, 2.24) is 0 Å². The number of benzene rings is 2. The number of sulfone groups is 1. The van der Waals surface area contributed by atoms with Crippen LogP contribution in [-0.2, 0) is 35.1 Å². The largest absolute Gasteiger partial charge is 0.466 e. The van der Waals surface area contributed by atoms with Crippen LogP contribution >= 0.6 is 23.2 Å². The molecular formula is C19H14Cl2F3NO6S. The van der Waals surface area contributed by atoms with Gasteiger partial charge in [0, 0.05) is 5.02 Å². The lowest BCUT2D eigenvalue weighted by molar-refractivity contribution is -0.138. The molecule has 32 heavy (non-hydrogen) atoms. The second kappa shape index (κ2) is 9.80. The Bertz CT molecular complexity index is 1180. The number of esters is 2. The normalized spacial score (nSPS) is 12.3. The van der Waals surface area contributed by atoms with E-state index < -0.39 is 54.8 Å². The summed E-state index contributed by atoms with van der Waals surface area (Å²) in [6.45, 7) is 0. The number of carbonyl (C=O) groups is 2. The van der Waals surface area contributed by atoms with Crippen molar-refractivity contribution in [3.8, 4) is 0 Å². The van der Waals surface area contributed by atoms with E-state index in [4.69, 9.17) is 23.2 Å².